The van der Waals surface area contributed by atoms with Gasteiger partial charge in [-0.25, -0.2) is 0 Å². The summed E-state index contributed by atoms with van der Waals surface area (Å²) in [6.07, 6.45) is 9.89. The van der Waals surface area contributed by atoms with Crippen molar-refractivity contribution in [3.63, 3.8) is 0 Å². The van der Waals surface area contributed by atoms with Crippen molar-refractivity contribution < 1.29 is 29.5 Å². The molecule has 13 atom stereocenters. The molecule has 0 aromatic heterocycles. The van der Waals surface area contributed by atoms with Crippen molar-refractivity contribution in [2.24, 2.45) is 50.7 Å². The molecule has 7 rings (SSSR count). The minimum atomic E-state index is -1.16. The first-order valence-corrected chi connectivity index (χ1v) is 18.6. The van der Waals surface area contributed by atoms with E-state index in [4.69, 9.17) is 14.2 Å². The van der Waals surface area contributed by atoms with E-state index in [1.54, 1.807) is 13.8 Å². The third kappa shape index (κ3) is 4.52. The van der Waals surface area contributed by atoms with Crippen LogP contribution in [0.1, 0.15) is 120 Å². The first-order valence-electron chi connectivity index (χ1n) is 18.6. The van der Waals surface area contributed by atoms with Gasteiger partial charge in [-0.2, -0.15) is 0 Å². The van der Waals surface area contributed by atoms with Gasteiger partial charge in [-0.15, -0.1) is 0 Å². The van der Waals surface area contributed by atoms with E-state index in [0.29, 0.717) is 35.2 Å². The van der Waals surface area contributed by atoms with Crippen LogP contribution in [0.4, 0.5) is 0 Å². The summed E-state index contributed by atoms with van der Waals surface area (Å²) in [5.74, 6) is 2.39. The Kier molecular flexibility index (Phi) is 7.66. The summed E-state index contributed by atoms with van der Waals surface area (Å²) in [5, 5.41) is 31.6. The minimum absolute atomic E-state index is 0.0915. The van der Waals surface area contributed by atoms with Gasteiger partial charge in [-0.1, -0.05) is 34.6 Å². The van der Waals surface area contributed by atoms with Gasteiger partial charge >= 0.3 is 0 Å². The van der Waals surface area contributed by atoms with Crippen molar-refractivity contribution in [2.75, 3.05) is 26.3 Å². The van der Waals surface area contributed by atoms with Crippen LogP contribution in [0.2, 0.25) is 0 Å². The lowest BCUT2D eigenvalue weighted by Gasteiger charge is -2.63. The number of morpholine rings is 1. The van der Waals surface area contributed by atoms with E-state index >= 15 is 0 Å². The van der Waals surface area contributed by atoms with E-state index in [2.05, 4.69) is 53.4 Å². The summed E-state index contributed by atoms with van der Waals surface area (Å²) in [4.78, 5) is 2.33. The van der Waals surface area contributed by atoms with Crippen molar-refractivity contribution in [1.29, 1.82) is 0 Å². The van der Waals surface area contributed by atoms with E-state index in [0.717, 1.165) is 38.3 Å². The lowest BCUT2D eigenvalue weighted by atomic mass is 9.41. The Morgan fingerprint density at radius 3 is 2.33 bits per heavy atom. The molecule has 7 aliphatic rings. The standard InChI is InChI=1S/C38H65NO6/c1-23-18-24(31(41)34(6,7)42)44-25-19-36(9)27-11-10-26-33(4,5)28(45-29-20-39(16-17-43-29)32(2,3)22-40)12-13-37(26)21-38(27,37)15-14-35(36,8)30(23)25/h23-31,40-42H,10-22H2,1-9H3/t23-,24?,25?,26?,27+,28+,29?,30?,31+,35-,36+,37-,38+/m1/s1. The molecule has 0 amide bonds. The monoisotopic (exact) mass is 631 g/mol. The van der Waals surface area contributed by atoms with Crippen LogP contribution >= 0.6 is 0 Å². The fraction of sp³-hybridized carbons (Fsp3) is 1.00. The average molecular weight is 632 g/mol. The second-order valence-electron chi connectivity index (χ2n) is 19.5. The normalized spacial score (nSPS) is 51.7. The maximum absolute atomic E-state index is 11.0. The molecular formula is C38H65NO6. The zero-order valence-corrected chi connectivity index (χ0v) is 29.9. The van der Waals surface area contributed by atoms with E-state index in [1.807, 2.05) is 0 Å². The quantitative estimate of drug-likeness (QED) is 0.343. The fourth-order valence-electron chi connectivity index (χ4n) is 13.8. The van der Waals surface area contributed by atoms with E-state index in [-0.39, 0.29) is 53.0 Å². The first-order chi connectivity index (χ1) is 20.9. The molecule has 7 heteroatoms. The van der Waals surface area contributed by atoms with Crippen LogP contribution in [0.25, 0.3) is 0 Å². The van der Waals surface area contributed by atoms with Gasteiger partial charge in [0.2, 0.25) is 0 Å². The Bertz CT molecular complexity index is 1150. The highest BCUT2D eigenvalue weighted by Crippen LogP contribution is 2.89. The summed E-state index contributed by atoms with van der Waals surface area (Å²) >= 11 is 0. The Morgan fingerprint density at radius 1 is 0.956 bits per heavy atom. The Hall–Kier alpha value is -0.280. The summed E-state index contributed by atoms with van der Waals surface area (Å²) in [7, 11) is 0. The second-order valence-corrected chi connectivity index (χ2v) is 19.5. The number of fused-ring (bicyclic) bond motifs is 4. The SMILES string of the molecule is C[C@@H]1CC([C@H](O)C(C)(C)O)OC2C[C@@]3(C)[C@@H]4CCC5C(C)(C)[C@@H](OC6CN(C(C)(C)CO)CCO6)CC[C@@]56C[C@@]46CC[C@]3(C)C21. The van der Waals surface area contributed by atoms with Crippen molar-refractivity contribution >= 4 is 0 Å². The van der Waals surface area contributed by atoms with Gasteiger partial charge < -0.3 is 29.5 Å². The largest absolute Gasteiger partial charge is 0.394 e. The fourth-order valence-corrected chi connectivity index (χ4v) is 13.8. The molecule has 0 bridgehead atoms. The predicted octanol–water partition coefficient (Wildman–Crippen LogP) is 5.78. The lowest BCUT2D eigenvalue weighted by molar-refractivity contribution is -0.253. The van der Waals surface area contributed by atoms with Crippen LogP contribution in [0.3, 0.4) is 0 Å². The highest BCUT2D eigenvalue weighted by molar-refractivity contribution is 5.31. The van der Waals surface area contributed by atoms with Crippen molar-refractivity contribution in [2.45, 2.75) is 162 Å². The average Bonchev–Trinajstić information content (AvgIpc) is 3.56. The maximum atomic E-state index is 11.0. The van der Waals surface area contributed by atoms with Crippen molar-refractivity contribution in [3.8, 4) is 0 Å². The number of ether oxygens (including phenoxy) is 3. The van der Waals surface area contributed by atoms with E-state index in [1.165, 1.54) is 38.5 Å². The van der Waals surface area contributed by atoms with E-state index in [9.17, 15) is 15.3 Å². The Morgan fingerprint density at radius 2 is 1.64 bits per heavy atom. The van der Waals surface area contributed by atoms with Gasteiger partial charge in [0.25, 0.3) is 0 Å². The highest BCUT2D eigenvalue weighted by Gasteiger charge is 2.83. The third-order valence-corrected chi connectivity index (χ3v) is 16.3. The van der Waals surface area contributed by atoms with Gasteiger partial charge in [-0.3, -0.25) is 4.90 Å². The number of hydrogen-bond acceptors (Lipinski definition) is 7. The predicted molar refractivity (Wildman–Crippen MR) is 174 cm³/mol. The Labute approximate surface area is 273 Å². The number of aliphatic hydroxyl groups excluding tert-OH is 2. The Balaban J connectivity index is 1.09. The molecule has 7 nitrogen and oxygen atoms in total. The van der Waals surface area contributed by atoms with Crippen LogP contribution in [0.5, 0.6) is 0 Å². The summed E-state index contributed by atoms with van der Waals surface area (Å²) in [5.41, 5.74) is 0.0190. The number of nitrogens with zero attached hydrogens (tertiary/aromatic N) is 1. The van der Waals surface area contributed by atoms with E-state index < -0.39 is 11.7 Å². The molecule has 2 saturated heterocycles. The van der Waals surface area contributed by atoms with Gasteiger partial charge in [0.05, 0.1) is 43.7 Å². The summed E-state index contributed by atoms with van der Waals surface area (Å²) < 4.78 is 19.9. The maximum Gasteiger partial charge on any atom is 0.170 e. The zero-order valence-electron chi connectivity index (χ0n) is 29.9. The molecular weight excluding hydrogens is 566 g/mol. The van der Waals surface area contributed by atoms with Crippen LogP contribution in [0.15, 0.2) is 0 Å². The minimum Gasteiger partial charge on any atom is -0.394 e. The molecule has 258 valence electrons. The molecule has 3 N–H and O–H groups in total. The summed E-state index contributed by atoms with van der Waals surface area (Å²) in [6.45, 7) is 22.6. The zero-order chi connectivity index (χ0) is 32.6. The smallest absolute Gasteiger partial charge is 0.170 e. The lowest BCUT2D eigenvalue weighted by Crippen LogP contribution is -2.59. The molecule has 5 unspecified atom stereocenters. The molecule has 0 radical (unpaired) electrons. The molecule has 0 aromatic rings. The first kappa shape index (κ1) is 33.2. The molecule has 2 heterocycles. The number of rotatable bonds is 6. The van der Waals surface area contributed by atoms with Gasteiger partial charge in [0.1, 0.15) is 6.10 Å². The highest BCUT2D eigenvalue weighted by atomic mass is 16.7. The van der Waals surface area contributed by atoms with Crippen LogP contribution in [0, 0.1) is 50.7 Å². The molecule has 2 aliphatic heterocycles. The topological polar surface area (TPSA) is 91.6 Å². The molecule has 5 aliphatic carbocycles. The number of hydrogen-bond donors (Lipinski definition) is 3. The molecule has 45 heavy (non-hydrogen) atoms. The van der Waals surface area contributed by atoms with Crippen LogP contribution < -0.4 is 0 Å². The summed E-state index contributed by atoms with van der Waals surface area (Å²) in [6, 6.07) is 0. The van der Waals surface area contributed by atoms with Gasteiger partial charge in [-0.05, 0) is 136 Å². The van der Waals surface area contributed by atoms with Crippen molar-refractivity contribution in [1.82, 2.24) is 4.90 Å². The van der Waals surface area contributed by atoms with Gasteiger partial charge in [0, 0.05) is 12.1 Å². The van der Waals surface area contributed by atoms with Crippen LogP contribution in [-0.4, -0.2) is 88.4 Å². The van der Waals surface area contributed by atoms with Crippen LogP contribution in [-0.2, 0) is 14.2 Å². The second kappa shape index (κ2) is 10.4. The van der Waals surface area contributed by atoms with Crippen molar-refractivity contribution in [3.05, 3.63) is 0 Å². The molecule has 5 saturated carbocycles. The third-order valence-electron chi connectivity index (χ3n) is 16.3. The molecule has 0 aromatic carbocycles. The number of aliphatic hydroxyl groups is 3. The molecule has 2 spiro atoms. The van der Waals surface area contributed by atoms with Gasteiger partial charge in [0.15, 0.2) is 6.29 Å². The molecule has 7 fully saturated rings.